The Bertz CT molecular complexity index is 1040. The molecule has 0 unspecified atom stereocenters. The number of benzene rings is 1. The van der Waals surface area contributed by atoms with Gasteiger partial charge in [0.25, 0.3) is 11.5 Å². The van der Waals surface area contributed by atoms with Gasteiger partial charge in [0.15, 0.2) is 18.1 Å². The zero-order valence-corrected chi connectivity index (χ0v) is 16.6. The van der Waals surface area contributed by atoms with Gasteiger partial charge in [0.2, 0.25) is 0 Å². The first-order chi connectivity index (χ1) is 14.3. The van der Waals surface area contributed by atoms with Crippen molar-refractivity contribution in [1.29, 1.82) is 0 Å². The van der Waals surface area contributed by atoms with Gasteiger partial charge in [-0.25, -0.2) is 13.9 Å². The zero-order valence-electron chi connectivity index (χ0n) is 16.6. The maximum Gasteiger partial charge on any atom is 0.359 e. The summed E-state index contributed by atoms with van der Waals surface area (Å²) in [6.07, 6.45) is 0. The van der Waals surface area contributed by atoms with Crippen LogP contribution in [0.1, 0.15) is 27.8 Å². The molecule has 0 bridgehead atoms. The highest BCUT2D eigenvalue weighted by Crippen LogP contribution is 2.22. The number of rotatable bonds is 5. The number of Topliss-reactive ketones (excluding diaryl/α,β-unsaturated/α-hetero) is 1. The lowest BCUT2D eigenvalue weighted by molar-refractivity contribution is -0.134. The third-order valence-corrected chi connectivity index (χ3v) is 4.82. The van der Waals surface area contributed by atoms with Crippen molar-refractivity contribution in [2.45, 2.75) is 6.92 Å². The van der Waals surface area contributed by atoms with Crippen LogP contribution >= 0.6 is 0 Å². The number of ether oxygens (including phenoxy) is 1. The molecule has 3 rings (SSSR count). The molecule has 0 atom stereocenters. The second-order valence-corrected chi connectivity index (χ2v) is 6.85. The summed E-state index contributed by atoms with van der Waals surface area (Å²) in [5.41, 5.74) is 0.242. The largest absolute Gasteiger partial charge is 0.451 e. The van der Waals surface area contributed by atoms with E-state index in [1.807, 2.05) is 0 Å². The summed E-state index contributed by atoms with van der Waals surface area (Å²) in [5.74, 6) is -1.87. The van der Waals surface area contributed by atoms with Crippen LogP contribution < -0.4 is 10.5 Å². The van der Waals surface area contributed by atoms with Crippen molar-refractivity contribution in [3.63, 3.8) is 0 Å². The molecule has 0 radical (unpaired) electrons. The second kappa shape index (κ2) is 8.85. The third-order valence-electron chi connectivity index (χ3n) is 4.82. The second-order valence-electron chi connectivity index (χ2n) is 6.85. The number of halogens is 1. The van der Waals surface area contributed by atoms with Gasteiger partial charge in [0.1, 0.15) is 5.82 Å². The van der Waals surface area contributed by atoms with E-state index in [-0.39, 0.29) is 22.9 Å². The van der Waals surface area contributed by atoms with Gasteiger partial charge >= 0.3 is 5.97 Å². The number of aryl methyl sites for hydroxylation is 1. The summed E-state index contributed by atoms with van der Waals surface area (Å²) in [6.45, 7) is 2.40. The Balaban J connectivity index is 1.53. The lowest BCUT2D eigenvalue weighted by atomic mass is 10.1. The molecule has 0 spiro atoms. The maximum absolute atomic E-state index is 14.3. The van der Waals surface area contributed by atoms with Crippen molar-refractivity contribution in [1.82, 2.24) is 14.7 Å². The molecule has 10 heteroatoms. The van der Waals surface area contributed by atoms with Crippen LogP contribution in [0.4, 0.5) is 10.1 Å². The van der Waals surface area contributed by atoms with Crippen molar-refractivity contribution in [2.75, 3.05) is 37.7 Å². The topological polar surface area (TPSA) is 102 Å². The molecule has 1 fully saturated rings. The van der Waals surface area contributed by atoms with E-state index in [9.17, 15) is 23.6 Å². The molecule has 2 aromatic rings. The van der Waals surface area contributed by atoms with Gasteiger partial charge in [-0.3, -0.25) is 14.4 Å². The highest BCUT2D eigenvalue weighted by molar-refractivity contribution is 5.94. The van der Waals surface area contributed by atoms with Crippen LogP contribution in [0.25, 0.3) is 0 Å². The van der Waals surface area contributed by atoms with Crippen LogP contribution in [0.2, 0.25) is 0 Å². The van der Waals surface area contributed by atoms with E-state index in [1.54, 1.807) is 17.0 Å². The SMILES string of the molecule is CC(=O)c1ccc(N2CCN(C(=O)COC(=O)c3ccc(=O)n(C)n3)CC2)c(F)c1. The molecule has 1 saturated heterocycles. The van der Waals surface area contributed by atoms with Crippen LogP contribution in [0.3, 0.4) is 0 Å². The zero-order chi connectivity index (χ0) is 21.8. The van der Waals surface area contributed by atoms with E-state index in [2.05, 4.69) is 5.10 Å². The number of piperazine rings is 1. The number of amides is 1. The van der Waals surface area contributed by atoms with Crippen LogP contribution in [-0.4, -0.2) is 65.1 Å². The minimum Gasteiger partial charge on any atom is -0.451 e. The monoisotopic (exact) mass is 416 g/mol. The molecular weight excluding hydrogens is 395 g/mol. The van der Waals surface area contributed by atoms with Crippen LogP contribution in [0.15, 0.2) is 35.1 Å². The molecular formula is C20H21FN4O5. The molecule has 9 nitrogen and oxygen atoms in total. The minimum absolute atomic E-state index is 0.0702. The fourth-order valence-corrected chi connectivity index (χ4v) is 3.08. The molecule has 1 amide bonds. The predicted molar refractivity (Wildman–Crippen MR) is 105 cm³/mol. The Morgan fingerprint density at radius 1 is 1.10 bits per heavy atom. The first-order valence-electron chi connectivity index (χ1n) is 9.31. The lowest BCUT2D eigenvalue weighted by Gasteiger charge is -2.36. The van der Waals surface area contributed by atoms with Gasteiger partial charge in [-0.15, -0.1) is 0 Å². The van der Waals surface area contributed by atoms with Crippen LogP contribution in [0, 0.1) is 5.82 Å². The van der Waals surface area contributed by atoms with Gasteiger partial charge in [-0.1, -0.05) is 0 Å². The standard InChI is InChI=1S/C20H21FN4O5/c1-13(26)14-3-5-17(15(21)11-14)24-7-9-25(10-8-24)19(28)12-30-20(29)16-4-6-18(27)23(2)22-16/h3-6,11H,7-10,12H2,1-2H3. The van der Waals surface area contributed by atoms with E-state index < -0.39 is 18.4 Å². The van der Waals surface area contributed by atoms with E-state index in [0.717, 1.165) is 4.68 Å². The first kappa shape index (κ1) is 21.2. The number of anilines is 1. The summed E-state index contributed by atoms with van der Waals surface area (Å²) in [6, 6.07) is 6.77. The van der Waals surface area contributed by atoms with Crippen molar-refractivity contribution in [3.8, 4) is 0 Å². The Labute approximate surface area is 171 Å². The van der Waals surface area contributed by atoms with E-state index in [0.29, 0.717) is 37.4 Å². The molecule has 1 aromatic heterocycles. The number of carbonyl (C=O) groups is 3. The average Bonchev–Trinajstić information content (AvgIpc) is 2.73. The fraction of sp³-hybridized carbons (Fsp3) is 0.350. The third kappa shape index (κ3) is 4.70. The van der Waals surface area contributed by atoms with E-state index in [4.69, 9.17) is 4.74 Å². The number of ketones is 1. The quantitative estimate of drug-likeness (QED) is 0.520. The molecule has 158 valence electrons. The number of hydrogen-bond donors (Lipinski definition) is 0. The van der Waals surface area contributed by atoms with Crippen LogP contribution in [-0.2, 0) is 16.6 Å². The summed E-state index contributed by atoms with van der Waals surface area (Å²) >= 11 is 0. The predicted octanol–water partition coefficient (Wildman–Crippen LogP) is 0.628. The van der Waals surface area contributed by atoms with Crippen molar-refractivity contribution in [3.05, 3.63) is 57.8 Å². The molecule has 1 aliphatic heterocycles. The van der Waals surface area contributed by atoms with E-state index in [1.165, 1.54) is 37.1 Å². The fourth-order valence-electron chi connectivity index (χ4n) is 3.08. The van der Waals surface area contributed by atoms with Gasteiger partial charge in [-0.05, 0) is 31.2 Å². The average molecular weight is 416 g/mol. The highest BCUT2D eigenvalue weighted by Gasteiger charge is 2.24. The van der Waals surface area contributed by atoms with Gasteiger partial charge in [0.05, 0.1) is 5.69 Å². The van der Waals surface area contributed by atoms with Gasteiger partial charge < -0.3 is 14.5 Å². The molecule has 0 saturated carbocycles. The Morgan fingerprint density at radius 3 is 2.40 bits per heavy atom. The number of esters is 1. The summed E-state index contributed by atoms with van der Waals surface area (Å²) in [4.78, 5) is 50.3. The molecule has 30 heavy (non-hydrogen) atoms. The minimum atomic E-state index is -0.801. The Kier molecular flexibility index (Phi) is 6.24. The van der Waals surface area contributed by atoms with Crippen molar-refractivity contribution >= 4 is 23.3 Å². The number of aromatic nitrogens is 2. The van der Waals surface area contributed by atoms with Crippen molar-refractivity contribution < 1.29 is 23.5 Å². The van der Waals surface area contributed by atoms with E-state index >= 15 is 0 Å². The Hall–Kier alpha value is -3.56. The van der Waals surface area contributed by atoms with Gasteiger partial charge in [-0.2, -0.15) is 5.10 Å². The number of hydrogen-bond acceptors (Lipinski definition) is 7. The molecule has 2 heterocycles. The number of carbonyl (C=O) groups excluding carboxylic acids is 3. The molecule has 1 aliphatic rings. The summed E-state index contributed by atoms with van der Waals surface area (Å²) in [5, 5.41) is 3.77. The van der Waals surface area contributed by atoms with Gasteiger partial charge in [0, 0.05) is 44.9 Å². The lowest BCUT2D eigenvalue weighted by Crippen LogP contribution is -2.50. The maximum atomic E-state index is 14.3. The smallest absolute Gasteiger partial charge is 0.359 e. The Morgan fingerprint density at radius 2 is 1.80 bits per heavy atom. The van der Waals surface area contributed by atoms with Crippen molar-refractivity contribution in [2.24, 2.45) is 7.05 Å². The normalized spacial score (nSPS) is 13.8. The first-order valence-corrected chi connectivity index (χ1v) is 9.31. The number of nitrogens with zero attached hydrogens (tertiary/aromatic N) is 4. The van der Waals surface area contributed by atoms with Crippen LogP contribution in [0.5, 0.6) is 0 Å². The molecule has 0 aliphatic carbocycles. The molecule has 0 N–H and O–H groups in total. The molecule has 1 aromatic carbocycles. The summed E-state index contributed by atoms with van der Waals surface area (Å²) in [7, 11) is 1.40. The highest BCUT2D eigenvalue weighted by atomic mass is 19.1. The summed E-state index contributed by atoms with van der Waals surface area (Å²) < 4.78 is 20.3.